The van der Waals surface area contributed by atoms with E-state index in [1.54, 1.807) is 0 Å². The topological polar surface area (TPSA) is 24.5 Å². The molecule has 1 aromatic carbocycles. The largest absolute Gasteiger partial charge is 0.381 e. The summed E-state index contributed by atoms with van der Waals surface area (Å²) < 4.78 is 5.62. The molecular formula is C16H24Cl2N2O. The zero-order chi connectivity index (χ0) is 13.8. The zero-order valence-electron chi connectivity index (χ0n) is 12.3. The van der Waals surface area contributed by atoms with Crippen molar-refractivity contribution in [1.29, 1.82) is 0 Å². The van der Waals surface area contributed by atoms with Crippen LogP contribution >= 0.6 is 24.0 Å². The van der Waals surface area contributed by atoms with Crippen LogP contribution in [0.1, 0.15) is 24.4 Å². The van der Waals surface area contributed by atoms with Crippen molar-refractivity contribution in [2.24, 2.45) is 5.92 Å². The second-order valence-electron chi connectivity index (χ2n) is 5.82. The minimum absolute atomic E-state index is 0. The van der Waals surface area contributed by atoms with Gasteiger partial charge in [-0.05, 0) is 30.4 Å². The van der Waals surface area contributed by atoms with E-state index in [1.807, 2.05) is 12.1 Å². The summed E-state index contributed by atoms with van der Waals surface area (Å²) >= 11 is 6.39. The number of hydrogen-bond donors (Lipinski definition) is 1. The van der Waals surface area contributed by atoms with Gasteiger partial charge in [0.15, 0.2) is 0 Å². The third-order valence-corrected chi connectivity index (χ3v) is 4.71. The highest BCUT2D eigenvalue weighted by Crippen LogP contribution is 2.29. The predicted molar refractivity (Wildman–Crippen MR) is 89.4 cm³/mol. The van der Waals surface area contributed by atoms with Gasteiger partial charge in [0.2, 0.25) is 0 Å². The molecular weight excluding hydrogens is 307 g/mol. The molecule has 0 amide bonds. The van der Waals surface area contributed by atoms with Crippen LogP contribution in [0.15, 0.2) is 24.3 Å². The monoisotopic (exact) mass is 330 g/mol. The zero-order valence-corrected chi connectivity index (χ0v) is 13.8. The highest BCUT2D eigenvalue weighted by Gasteiger charge is 2.28. The molecule has 3 nitrogen and oxygen atoms in total. The van der Waals surface area contributed by atoms with Gasteiger partial charge in [-0.1, -0.05) is 29.8 Å². The van der Waals surface area contributed by atoms with E-state index in [0.29, 0.717) is 12.0 Å². The summed E-state index contributed by atoms with van der Waals surface area (Å²) in [6, 6.07) is 8.62. The van der Waals surface area contributed by atoms with Crippen molar-refractivity contribution in [1.82, 2.24) is 10.2 Å². The van der Waals surface area contributed by atoms with E-state index < -0.39 is 0 Å². The quantitative estimate of drug-likeness (QED) is 0.921. The molecule has 0 aromatic heterocycles. The van der Waals surface area contributed by atoms with Crippen LogP contribution in [0.25, 0.3) is 0 Å². The predicted octanol–water partition coefficient (Wildman–Crippen LogP) is 3.13. The van der Waals surface area contributed by atoms with Gasteiger partial charge in [0.05, 0.1) is 6.61 Å². The lowest BCUT2D eigenvalue weighted by molar-refractivity contribution is 0.0265. The number of ether oxygens (including phenoxy) is 1. The third-order valence-electron chi connectivity index (χ3n) is 4.37. The van der Waals surface area contributed by atoms with E-state index in [1.165, 1.54) is 18.4 Å². The second kappa shape index (κ2) is 8.35. The lowest BCUT2D eigenvalue weighted by Crippen LogP contribution is -2.48. The molecule has 5 heteroatoms. The minimum atomic E-state index is 0. The molecule has 3 rings (SSSR count). The van der Waals surface area contributed by atoms with Gasteiger partial charge in [-0.15, -0.1) is 12.4 Å². The van der Waals surface area contributed by atoms with Crippen molar-refractivity contribution in [3.63, 3.8) is 0 Å². The van der Waals surface area contributed by atoms with E-state index in [9.17, 15) is 0 Å². The Morgan fingerprint density at radius 1 is 1.33 bits per heavy atom. The molecule has 2 heterocycles. The molecule has 0 aliphatic carbocycles. The van der Waals surface area contributed by atoms with Gasteiger partial charge in [-0.25, -0.2) is 0 Å². The first-order chi connectivity index (χ1) is 9.84. The van der Waals surface area contributed by atoms with Crippen molar-refractivity contribution >= 4 is 24.0 Å². The van der Waals surface area contributed by atoms with Gasteiger partial charge >= 0.3 is 0 Å². The normalized spacial score (nSPS) is 27.1. The standard InChI is InChI=1S/C16H23ClN2O.ClH/c17-15-6-2-1-5-14(15)16-10-18-7-8-19(16)11-13-4-3-9-20-12-13;/h1-2,5-6,13,16,18H,3-4,7-12H2;1H. The first-order valence-electron chi connectivity index (χ1n) is 7.61. The number of halogens is 2. The number of hydrogen-bond acceptors (Lipinski definition) is 3. The molecule has 0 bridgehead atoms. The van der Waals surface area contributed by atoms with Crippen molar-refractivity contribution in [3.05, 3.63) is 34.9 Å². The summed E-state index contributed by atoms with van der Waals surface area (Å²) in [7, 11) is 0. The molecule has 2 saturated heterocycles. The Balaban J connectivity index is 0.00000161. The fourth-order valence-electron chi connectivity index (χ4n) is 3.30. The van der Waals surface area contributed by atoms with Crippen LogP contribution in [0.5, 0.6) is 0 Å². The van der Waals surface area contributed by atoms with Crippen LogP contribution < -0.4 is 5.32 Å². The van der Waals surface area contributed by atoms with Gasteiger partial charge in [0, 0.05) is 43.9 Å². The van der Waals surface area contributed by atoms with Crippen LogP contribution in [0.2, 0.25) is 5.02 Å². The van der Waals surface area contributed by atoms with Gasteiger partial charge in [-0.2, -0.15) is 0 Å². The molecule has 1 N–H and O–H groups in total. The Hall–Kier alpha value is -0.320. The minimum Gasteiger partial charge on any atom is -0.381 e. The molecule has 0 spiro atoms. The average Bonchev–Trinajstić information content (AvgIpc) is 2.50. The molecule has 2 unspecified atom stereocenters. The van der Waals surface area contributed by atoms with E-state index in [2.05, 4.69) is 22.3 Å². The molecule has 21 heavy (non-hydrogen) atoms. The van der Waals surface area contributed by atoms with Crippen LogP contribution in [0.3, 0.4) is 0 Å². The molecule has 0 radical (unpaired) electrons. The second-order valence-corrected chi connectivity index (χ2v) is 6.23. The summed E-state index contributed by atoms with van der Waals surface area (Å²) in [5.74, 6) is 0.673. The summed E-state index contributed by atoms with van der Waals surface area (Å²) in [5, 5.41) is 4.38. The van der Waals surface area contributed by atoms with Crippen molar-refractivity contribution in [2.75, 3.05) is 39.4 Å². The number of nitrogens with one attached hydrogen (secondary N) is 1. The fourth-order valence-corrected chi connectivity index (χ4v) is 3.56. The highest BCUT2D eigenvalue weighted by atomic mass is 35.5. The molecule has 2 atom stereocenters. The number of rotatable bonds is 3. The Kier molecular flexibility index (Phi) is 6.77. The van der Waals surface area contributed by atoms with Crippen molar-refractivity contribution in [2.45, 2.75) is 18.9 Å². The van der Waals surface area contributed by atoms with Crippen LogP contribution in [0, 0.1) is 5.92 Å². The van der Waals surface area contributed by atoms with Gasteiger partial charge in [0.25, 0.3) is 0 Å². The fraction of sp³-hybridized carbons (Fsp3) is 0.625. The highest BCUT2D eigenvalue weighted by molar-refractivity contribution is 6.31. The van der Waals surface area contributed by atoms with Crippen LogP contribution in [-0.2, 0) is 4.74 Å². The van der Waals surface area contributed by atoms with E-state index >= 15 is 0 Å². The first-order valence-corrected chi connectivity index (χ1v) is 7.99. The smallest absolute Gasteiger partial charge is 0.0506 e. The van der Waals surface area contributed by atoms with Gasteiger partial charge in [0.1, 0.15) is 0 Å². The van der Waals surface area contributed by atoms with E-state index in [0.717, 1.165) is 44.4 Å². The Morgan fingerprint density at radius 3 is 2.95 bits per heavy atom. The molecule has 2 aliphatic heterocycles. The lowest BCUT2D eigenvalue weighted by atomic mass is 9.97. The molecule has 1 aromatic rings. The molecule has 0 saturated carbocycles. The Labute approximate surface area is 138 Å². The maximum atomic E-state index is 6.39. The van der Waals surface area contributed by atoms with Gasteiger partial charge < -0.3 is 10.1 Å². The van der Waals surface area contributed by atoms with Crippen LogP contribution in [-0.4, -0.2) is 44.3 Å². The van der Waals surface area contributed by atoms with Crippen molar-refractivity contribution < 1.29 is 4.74 Å². The van der Waals surface area contributed by atoms with E-state index in [-0.39, 0.29) is 12.4 Å². The maximum absolute atomic E-state index is 6.39. The Morgan fingerprint density at radius 2 is 2.19 bits per heavy atom. The summed E-state index contributed by atoms with van der Waals surface area (Å²) in [6.45, 7) is 6.11. The lowest BCUT2D eigenvalue weighted by Gasteiger charge is -2.39. The summed E-state index contributed by atoms with van der Waals surface area (Å²) in [6.07, 6.45) is 2.49. The van der Waals surface area contributed by atoms with Crippen LogP contribution in [0.4, 0.5) is 0 Å². The molecule has 2 aliphatic rings. The van der Waals surface area contributed by atoms with Gasteiger partial charge in [-0.3, -0.25) is 4.90 Å². The molecule has 2 fully saturated rings. The SMILES string of the molecule is Cl.Clc1ccccc1C1CNCCN1CC1CCCOC1. The maximum Gasteiger partial charge on any atom is 0.0506 e. The number of nitrogens with zero attached hydrogens (tertiary/aromatic N) is 1. The summed E-state index contributed by atoms with van der Waals surface area (Å²) in [4.78, 5) is 2.58. The average molecular weight is 331 g/mol. The molecule has 118 valence electrons. The Bertz CT molecular complexity index is 438. The third kappa shape index (κ3) is 4.33. The number of benzene rings is 1. The van der Waals surface area contributed by atoms with Crippen molar-refractivity contribution in [3.8, 4) is 0 Å². The first kappa shape index (κ1) is 17.0. The number of piperazine rings is 1. The summed E-state index contributed by atoms with van der Waals surface area (Å²) in [5.41, 5.74) is 1.25. The van der Waals surface area contributed by atoms with E-state index in [4.69, 9.17) is 16.3 Å².